The van der Waals surface area contributed by atoms with Gasteiger partial charge in [0.15, 0.2) is 0 Å². The first-order valence-corrected chi connectivity index (χ1v) is 4.14. The molecule has 2 amide bonds. The molecule has 0 aromatic heterocycles. The summed E-state index contributed by atoms with van der Waals surface area (Å²) in [5.41, 5.74) is 1.97. The molecule has 0 heterocycles. The number of nitrogens with two attached hydrogens (primary N) is 1. The van der Waals surface area contributed by atoms with Gasteiger partial charge in [-0.15, -0.1) is 11.8 Å². The first-order valence-electron chi connectivity index (χ1n) is 2.98. The third kappa shape index (κ3) is 5.68. The molecule has 0 radical (unpaired) electrons. The predicted octanol–water partition coefficient (Wildman–Crippen LogP) is -1.54. The van der Waals surface area contributed by atoms with Gasteiger partial charge in [0.1, 0.15) is 0 Å². The fourth-order valence-electron chi connectivity index (χ4n) is 0.350. The van der Waals surface area contributed by atoms with Gasteiger partial charge in [0.2, 0.25) is 11.8 Å². The monoisotopic (exact) mass is 177 g/mol. The Morgan fingerprint density at radius 3 is 2.36 bits per heavy atom. The van der Waals surface area contributed by atoms with Gasteiger partial charge in [-0.3, -0.25) is 15.0 Å². The number of amides is 2. The number of carbonyl (C=O) groups excluding carboxylic acids is 2. The molecule has 4 N–H and O–H groups in total. The highest BCUT2D eigenvalue weighted by atomic mass is 32.2. The summed E-state index contributed by atoms with van der Waals surface area (Å²) in [5, 5.41) is 2.43. The van der Waals surface area contributed by atoms with E-state index in [1.807, 2.05) is 5.43 Å². The molecule has 0 unspecified atom stereocenters. The smallest absolute Gasteiger partial charge is 0.243 e. The van der Waals surface area contributed by atoms with Crippen LogP contribution in [0, 0.1) is 0 Å². The van der Waals surface area contributed by atoms with Crippen molar-refractivity contribution in [2.24, 2.45) is 5.84 Å². The van der Waals surface area contributed by atoms with Crippen molar-refractivity contribution in [1.29, 1.82) is 0 Å². The van der Waals surface area contributed by atoms with Crippen molar-refractivity contribution < 1.29 is 9.59 Å². The van der Waals surface area contributed by atoms with Crippen molar-refractivity contribution in [3.8, 4) is 0 Å². The minimum Gasteiger partial charge on any atom is -0.358 e. The van der Waals surface area contributed by atoms with Crippen LogP contribution in [0.25, 0.3) is 0 Å². The molecule has 0 aliphatic carbocycles. The quantitative estimate of drug-likeness (QED) is 0.276. The van der Waals surface area contributed by atoms with Crippen molar-refractivity contribution in [3.05, 3.63) is 0 Å². The summed E-state index contributed by atoms with van der Waals surface area (Å²) in [4.78, 5) is 21.1. The Hall–Kier alpha value is -0.750. The normalized spacial score (nSPS) is 8.91. The summed E-state index contributed by atoms with van der Waals surface area (Å²) in [6.45, 7) is 0. The van der Waals surface area contributed by atoms with Crippen molar-refractivity contribution in [2.75, 3.05) is 18.6 Å². The summed E-state index contributed by atoms with van der Waals surface area (Å²) in [6.07, 6.45) is 0. The molecule has 0 rings (SSSR count). The van der Waals surface area contributed by atoms with E-state index in [9.17, 15) is 9.59 Å². The van der Waals surface area contributed by atoms with Gasteiger partial charge < -0.3 is 5.32 Å². The highest BCUT2D eigenvalue weighted by Gasteiger charge is 2.01. The zero-order chi connectivity index (χ0) is 8.69. The van der Waals surface area contributed by atoms with E-state index < -0.39 is 0 Å². The molecule has 0 saturated heterocycles. The van der Waals surface area contributed by atoms with Crippen LogP contribution < -0.4 is 16.6 Å². The largest absolute Gasteiger partial charge is 0.358 e. The standard InChI is InChI=1S/C5H11N3O2S/c1-7-4(9)2-11-3-5(10)8-6/h2-3,6H2,1H3,(H,7,9)(H,8,10). The zero-order valence-electron chi connectivity index (χ0n) is 6.22. The molecule has 11 heavy (non-hydrogen) atoms. The SMILES string of the molecule is CNC(=O)CSCC(=O)NN. The van der Waals surface area contributed by atoms with E-state index in [1.165, 1.54) is 11.8 Å². The summed E-state index contributed by atoms with van der Waals surface area (Å²) in [5.74, 6) is 4.93. The fraction of sp³-hybridized carbons (Fsp3) is 0.600. The van der Waals surface area contributed by atoms with Crippen LogP contribution in [0.1, 0.15) is 0 Å². The molecular weight excluding hydrogens is 166 g/mol. The van der Waals surface area contributed by atoms with Gasteiger partial charge in [0.05, 0.1) is 11.5 Å². The predicted molar refractivity (Wildman–Crippen MR) is 43.7 cm³/mol. The van der Waals surface area contributed by atoms with Crippen molar-refractivity contribution in [1.82, 2.24) is 10.7 Å². The molecule has 5 nitrogen and oxygen atoms in total. The number of carbonyl (C=O) groups is 2. The third-order valence-corrected chi connectivity index (χ3v) is 1.84. The molecule has 0 spiro atoms. The number of nitrogens with one attached hydrogen (secondary N) is 2. The molecule has 0 aromatic carbocycles. The average molecular weight is 177 g/mol. The Bertz CT molecular complexity index is 135. The summed E-state index contributed by atoms with van der Waals surface area (Å²) in [7, 11) is 1.55. The van der Waals surface area contributed by atoms with Gasteiger partial charge in [-0.2, -0.15) is 0 Å². The zero-order valence-corrected chi connectivity index (χ0v) is 7.03. The van der Waals surface area contributed by atoms with E-state index >= 15 is 0 Å². The van der Waals surface area contributed by atoms with Crippen LogP contribution in [0.3, 0.4) is 0 Å². The van der Waals surface area contributed by atoms with Crippen molar-refractivity contribution in [2.45, 2.75) is 0 Å². The number of hydrogen-bond acceptors (Lipinski definition) is 4. The lowest BCUT2D eigenvalue weighted by molar-refractivity contribution is -0.118. The minimum atomic E-state index is -0.279. The van der Waals surface area contributed by atoms with E-state index in [1.54, 1.807) is 7.05 Å². The summed E-state index contributed by atoms with van der Waals surface area (Å²) in [6, 6.07) is 0. The third-order valence-electron chi connectivity index (χ3n) is 0.906. The van der Waals surface area contributed by atoms with Gasteiger partial charge in [-0.25, -0.2) is 5.84 Å². The second-order valence-corrected chi connectivity index (χ2v) is 2.72. The lowest BCUT2D eigenvalue weighted by Crippen LogP contribution is -2.32. The average Bonchev–Trinajstić information content (AvgIpc) is 2.04. The molecule has 0 aliphatic heterocycles. The minimum absolute atomic E-state index is 0.0974. The Kier molecular flexibility index (Phi) is 5.58. The van der Waals surface area contributed by atoms with Crippen LogP contribution in [0.4, 0.5) is 0 Å². The van der Waals surface area contributed by atoms with E-state index in [0.29, 0.717) is 0 Å². The van der Waals surface area contributed by atoms with Gasteiger partial charge in [0.25, 0.3) is 0 Å². The summed E-state index contributed by atoms with van der Waals surface area (Å²) >= 11 is 1.21. The van der Waals surface area contributed by atoms with Gasteiger partial charge in [-0.1, -0.05) is 0 Å². The first-order chi connectivity index (χ1) is 5.20. The van der Waals surface area contributed by atoms with Crippen molar-refractivity contribution in [3.63, 3.8) is 0 Å². The molecule has 64 valence electrons. The molecule has 0 aromatic rings. The lowest BCUT2D eigenvalue weighted by atomic mass is 10.7. The van der Waals surface area contributed by atoms with Gasteiger partial charge in [0, 0.05) is 7.05 Å². The Morgan fingerprint density at radius 2 is 1.91 bits per heavy atom. The lowest BCUT2D eigenvalue weighted by Gasteiger charge is -1.98. The topological polar surface area (TPSA) is 84.2 Å². The first kappa shape index (κ1) is 10.2. The molecule has 0 atom stereocenters. The van der Waals surface area contributed by atoms with Crippen LogP contribution >= 0.6 is 11.8 Å². The van der Waals surface area contributed by atoms with E-state index in [2.05, 4.69) is 5.32 Å². The number of rotatable bonds is 4. The van der Waals surface area contributed by atoms with E-state index in [-0.39, 0.29) is 23.3 Å². The maximum atomic E-state index is 10.6. The van der Waals surface area contributed by atoms with Crippen molar-refractivity contribution >= 4 is 23.6 Å². The second kappa shape index (κ2) is 5.99. The number of hydrazine groups is 1. The Balaban J connectivity index is 3.27. The van der Waals surface area contributed by atoms with Crippen LogP contribution in [0.2, 0.25) is 0 Å². The van der Waals surface area contributed by atoms with Gasteiger partial charge >= 0.3 is 0 Å². The van der Waals surface area contributed by atoms with Crippen LogP contribution in [-0.4, -0.2) is 30.4 Å². The molecule has 0 bridgehead atoms. The maximum absolute atomic E-state index is 10.6. The second-order valence-electron chi connectivity index (χ2n) is 1.73. The highest BCUT2D eigenvalue weighted by molar-refractivity contribution is 8.00. The molecule has 0 fully saturated rings. The Morgan fingerprint density at radius 1 is 1.36 bits per heavy atom. The van der Waals surface area contributed by atoms with Crippen LogP contribution in [0.5, 0.6) is 0 Å². The van der Waals surface area contributed by atoms with E-state index in [4.69, 9.17) is 5.84 Å². The molecule has 0 aliphatic rings. The number of hydrogen-bond donors (Lipinski definition) is 3. The van der Waals surface area contributed by atoms with Crippen LogP contribution in [-0.2, 0) is 9.59 Å². The van der Waals surface area contributed by atoms with Gasteiger partial charge in [-0.05, 0) is 0 Å². The number of thioether (sulfide) groups is 1. The van der Waals surface area contributed by atoms with Crippen LogP contribution in [0.15, 0.2) is 0 Å². The molecule has 6 heteroatoms. The maximum Gasteiger partial charge on any atom is 0.243 e. The Labute approximate surface area is 69.1 Å². The summed E-state index contributed by atoms with van der Waals surface area (Å²) < 4.78 is 0. The molecular formula is C5H11N3O2S. The fourth-order valence-corrected chi connectivity index (χ4v) is 1.05. The van der Waals surface area contributed by atoms with E-state index in [0.717, 1.165) is 0 Å². The highest BCUT2D eigenvalue weighted by Crippen LogP contribution is 1.96. The molecule has 0 saturated carbocycles.